The van der Waals surface area contributed by atoms with Crippen LogP contribution in [0.2, 0.25) is 5.15 Å². The fourth-order valence-electron chi connectivity index (χ4n) is 4.07. The van der Waals surface area contributed by atoms with E-state index in [1.807, 2.05) is 32.9 Å². The highest BCUT2D eigenvalue weighted by Crippen LogP contribution is 2.37. The van der Waals surface area contributed by atoms with Crippen LogP contribution < -0.4 is 5.32 Å². The molecule has 1 aromatic carbocycles. The minimum Gasteiger partial charge on any atom is -0.351 e. The largest absolute Gasteiger partial charge is 0.351 e. The summed E-state index contributed by atoms with van der Waals surface area (Å²) in [5, 5.41) is 2.98. The number of nitrogens with one attached hydrogen (secondary N) is 1. The molecule has 0 aliphatic heterocycles. The van der Waals surface area contributed by atoms with E-state index < -0.39 is 5.92 Å². The smallest absolute Gasteiger partial charge is 0.271 e. The van der Waals surface area contributed by atoms with Gasteiger partial charge in [0.1, 0.15) is 22.5 Å². The van der Waals surface area contributed by atoms with Gasteiger partial charge in [0.15, 0.2) is 5.78 Å². The second-order valence-electron chi connectivity index (χ2n) is 7.52. The quantitative estimate of drug-likeness (QED) is 0.509. The lowest BCUT2D eigenvalue weighted by atomic mass is 9.86. The summed E-state index contributed by atoms with van der Waals surface area (Å²) < 4.78 is 0.539. The van der Waals surface area contributed by atoms with Crippen LogP contribution in [-0.2, 0) is 9.59 Å². The Morgan fingerprint density at radius 1 is 1.21 bits per heavy atom. The number of aryl methyl sites for hydroxylation is 3. The lowest BCUT2D eigenvalue weighted by molar-refractivity contribution is -0.124. The first-order valence-electron chi connectivity index (χ1n) is 9.43. The summed E-state index contributed by atoms with van der Waals surface area (Å²) in [6.45, 7) is 6.17. The number of hydrogen-bond donors (Lipinski definition) is 1. The fraction of sp³-hybridized carbons (Fsp3) is 0.364. The van der Waals surface area contributed by atoms with Gasteiger partial charge in [0.05, 0.1) is 0 Å². The number of aromatic nitrogens is 1. The first-order valence-corrected chi connectivity index (χ1v) is 10.6. The Labute approximate surface area is 183 Å². The van der Waals surface area contributed by atoms with Crippen LogP contribution in [0.15, 0.2) is 28.7 Å². The first kappa shape index (κ1) is 21.7. The van der Waals surface area contributed by atoms with Crippen molar-refractivity contribution in [3.63, 3.8) is 0 Å². The molecule has 1 aliphatic carbocycles. The van der Waals surface area contributed by atoms with E-state index >= 15 is 0 Å². The van der Waals surface area contributed by atoms with E-state index in [9.17, 15) is 14.4 Å². The Morgan fingerprint density at radius 2 is 1.86 bits per heavy atom. The van der Waals surface area contributed by atoms with Gasteiger partial charge in [0.25, 0.3) is 5.91 Å². The number of amides is 1. The molecule has 7 heteroatoms. The van der Waals surface area contributed by atoms with E-state index in [1.54, 1.807) is 12.1 Å². The van der Waals surface area contributed by atoms with Gasteiger partial charge >= 0.3 is 0 Å². The van der Waals surface area contributed by atoms with Crippen molar-refractivity contribution in [2.45, 2.75) is 39.5 Å². The Hall–Kier alpha value is -2.05. The number of ketones is 2. The van der Waals surface area contributed by atoms with E-state index in [0.29, 0.717) is 10.9 Å². The van der Waals surface area contributed by atoms with Crippen molar-refractivity contribution in [3.8, 4) is 0 Å². The number of nitrogens with zero attached hydrogens (tertiary/aromatic N) is 1. The minimum absolute atomic E-state index is 0.0411. The van der Waals surface area contributed by atoms with Gasteiger partial charge < -0.3 is 5.32 Å². The molecule has 5 nitrogen and oxygen atoms in total. The van der Waals surface area contributed by atoms with E-state index in [4.69, 9.17) is 11.6 Å². The maximum Gasteiger partial charge on any atom is 0.271 e. The minimum atomic E-state index is -0.694. The molecule has 29 heavy (non-hydrogen) atoms. The number of halogens is 2. The summed E-state index contributed by atoms with van der Waals surface area (Å²) in [5.74, 6) is -1.55. The molecule has 0 spiro atoms. The highest BCUT2D eigenvalue weighted by atomic mass is 79.9. The fourth-order valence-corrected chi connectivity index (χ4v) is 4.62. The third kappa shape index (κ3) is 4.59. The standard InChI is InChI=1S/C22H22BrClN2O3/c1-11-8-12(2)18(13(3)9-11)19-16(27)10-14(21(19)28)6-7-25-22(29)20-15(23)4-5-17(24)26-20/h4-5,8-9,14,19H,6-7,10H2,1-3H3,(H,25,29). The molecule has 152 valence electrons. The van der Waals surface area contributed by atoms with Crippen molar-refractivity contribution in [1.82, 2.24) is 10.3 Å². The van der Waals surface area contributed by atoms with Crippen LogP contribution in [0.5, 0.6) is 0 Å². The van der Waals surface area contributed by atoms with Gasteiger partial charge in [0.2, 0.25) is 0 Å². The first-order chi connectivity index (χ1) is 13.7. The van der Waals surface area contributed by atoms with Gasteiger partial charge in [-0.25, -0.2) is 4.98 Å². The second-order valence-corrected chi connectivity index (χ2v) is 8.77. The molecule has 1 N–H and O–H groups in total. The van der Waals surface area contributed by atoms with Crippen LogP contribution in [0, 0.1) is 26.7 Å². The Morgan fingerprint density at radius 3 is 2.52 bits per heavy atom. The molecule has 0 bridgehead atoms. The van der Waals surface area contributed by atoms with E-state index in [-0.39, 0.29) is 47.2 Å². The molecular formula is C22H22BrClN2O3. The summed E-state index contributed by atoms with van der Waals surface area (Å²) in [7, 11) is 0. The van der Waals surface area contributed by atoms with Gasteiger partial charge in [-0.2, -0.15) is 0 Å². The zero-order valence-corrected chi connectivity index (χ0v) is 18.9. The Kier molecular flexibility index (Phi) is 6.54. The van der Waals surface area contributed by atoms with Crippen LogP contribution in [-0.4, -0.2) is 29.0 Å². The van der Waals surface area contributed by atoms with Gasteiger partial charge in [0, 0.05) is 23.4 Å². The predicted molar refractivity (Wildman–Crippen MR) is 115 cm³/mol. The molecule has 1 amide bonds. The van der Waals surface area contributed by atoms with Crippen molar-refractivity contribution in [2.24, 2.45) is 5.92 Å². The average Bonchev–Trinajstić information content (AvgIpc) is 2.91. The molecule has 2 unspecified atom stereocenters. The van der Waals surface area contributed by atoms with Crippen molar-refractivity contribution in [3.05, 3.63) is 61.8 Å². The number of carbonyl (C=O) groups is 3. The van der Waals surface area contributed by atoms with Gasteiger partial charge in [-0.3, -0.25) is 14.4 Å². The number of Topliss-reactive ketones (excluding diaryl/α,β-unsaturated/α-hetero) is 2. The van der Waals surface area contributed by atoms with Gasteiger partial charge in [-0.15, -0.1) is 0 Å². The summed E-state index contributed by atoms with van der Waals surface area (Å²) in [5.41, 5.74) is 4.08. The van der Waals surface area contributed by atoms with Crippen LogP contribution >= 0.6 is 27.5 Å². The van der Waals surface area contributed by atoms with Crippen molar-refractivity contribution >= 4 is 45.0 Å². The van der Waals surface area contributed by atoms with E-state index in [2.05, 4.69) is 26.2 Å². The molecule has 3 rings (SSSR count). The van der Waals surface area contributed by atoms with Gasteiger partial charge in [-0.1, -0.05) is 29.3 Å². The molecular weight excluding hydrogens is 456 g/mol. The van der Waals surface area contributed by atoms with Crippen molar-refractivity contribution in [2.75, 3.05) is 6.54 Å². The lowest BCUT2D eigenvalue weighted by Crippen LogP contribution is -2.28. The van der Waals surface area contributed by atoms with Crippen molar-refractivity contribution in [1.29, 1.82) is 0 Å². The maximum absolute atomic E-state index is 13.0. The summed E-state index contributed by atoms with van der Waals surface area (Å²) in [4.78, 5) is 42.0. The Bertz CT molecular complexity index is 983. The molecule has 1 aromatic heterocycles. The molecule has 1 aliphatic rings. The normalized spacial score (nSPS) is 18.9. The average molecular weight is 478 g/mol. The number of carbonyl (C=O) groups excluding carboxylic acids is 3. The molecule has 2 atom stereocenters. The predicted octanol–water partition coefficient (Wildman–Crippen LogP) is 4.48. The molecule has 0 saturated heterocycles. The number of benzene rings is 1. The van der Waals surface area contributed by atoms with E-state index in [1.165, 1.54) is 0 Å². The van der Waals surface area contributed by atoms with Crippen LogP contribution in [0.1, 0.15) is 51.5 Å². The molecule has 2 aromatic rings. The summed E-state index contributed by atoms with van der Waals surface area (Å²) in [6, 6.07) is 7.25. The van der Waals surface area contributed by atoms with Crippen LogP contribution in [0.3, 0.4) is 0 Å². The third-order valence-corrected chi connectivity index (χ3v) is 6.14. The lowest BCUT2D eigenvalue weighted by Gasteiger charge is -2.16. The zero-order valence-electron chi connectivity index (χ0n) is 16.5. The summed E-state index contributed by atoms with van der Waals surface area (Å²) >= 11 is 9.13. The number of pyridine rings is 1. The summed E-state index contributed by atoms with van der Waals surface area (Å²) in [6.07, 6.45) is 0.625. The molecule has 1 saturated carbocycles. The van der Waals surface area contributed by atoms with Crippen LogP contribution in [0.25, 0.3) is 0 Å². The Balaban J connectivity index is 1.67. The SMILES string of the molecule is Cc1cc(C)c(C2C(=O)CC(CCNC(=O)c3nc(Cl)ccc3Br)C2=O)c(C)c1. The number of hydrogen-bond acceptors (Lipinski definition) is 4. The van der Waals surface area contributed by atoms with Crippen molar-refractivity contribution < 1.29 is 14.4 Å². The van der Waals surface area contributed by atoms with E-state index in [0.717, 1.165) is 22.3 Å². The third-order valence-electron chi connectivity index (χ3n) is 5.29. The zero-order chi connectivity index (χ0) is 21.3. The maximum atomic E-state index is 13.0. The molecule has 0 radical (unpaired) electrons. The highest BCUT2D eigenvalue weighted by Gasteiger charge is 2.42. The molecule has 1 fully saturated rings. The monoisotopic (exact) mass is 476 g/mol. The molecule has 1 heterocycles. The second kappa shape index (κ2) is 8.76. The van der Waals surface area contributed by atoms with Crippen LogP contribution in [0.4, 0.5) is 0 Å². The number of rotatable bonds is 5. The topological polar surface area (TPSA) is 76.1 Å². The highest BCUT2D eigenvalue weighted by molar-refractivity contribution is 9.10. The van der Waals surface area contributed by atoms with Gasteiger partial charge in [-0.05, 0) is 71.9 Å².